The molecule has 18 heavy (non-hydrogen) atoms. The lowest BCUT2D eigenvalue weighted by atomic mass is 10.2. The van der Waals surface area contributed by atoms with Crippen molar-refractivity contribution >= 4 is 23.5 Å². The van der Waals surface area contributed by atoms with E-state index >= 15 is 0 Å². The number of esters is 2. The second-order valence-corrected chi connectivity index (χ2v) is 3.76. The number of hydrogen-bond acceptors (Lipinski definition) is 5. The van der Waals surface area contributed by atoms with Crippen LogP contribution in [0.4, 0.5) is 5.69 Å². The number of carbonyl (C=O) groups is 3. The number of amides is 1. The van der Waals surface area contributed by atoms with Crippen molar-refractivity contribution in [3.8, 4) is 0 Å². The van der Waals surface area contributed by atoms with Gasteiger partial charge >= 0.3 is 11.9 Å². The Morgan fingerprint density at radius 3 is 2.22 bits per heavy atom. The number of carbonyl (C=O) groups excluding carboxylic acids is 3. The summed E-state index contributed by atoms with van der Waals surface area (Å²) in [7, 11) is 0. The molecule has 1 aromatic rings. The summed E-state index contributed by atoms with van der Waals surface area (Å²) in [6.07, 6.45) is 0. The van der Waals surface area contributed by atoms with Crippen molar-refractivity contribution in [1.82, 2.24) is 0 Å². The first kappa shape index (κ1) is 13.9. The molecule has 0 radical (unpaired) electrons. The molecule has 0 aliphatic rings. The molecule has 0 aromatic heterocycles. The second kappa shape index (κ2) is 5.92. The fourth-order valence-corrected chi connectivity index (χ4v) is 1.14. The lowest BCUT2D eigenvalue weighted by Gasteiger charge is -2.06. The van der Waals surface area contributed by atoms with Gasteiger partial charge in [0, 0.05) is 12.6 Å². The standard InChI is InChI=1S/C12H14N2O4/c1-7(13)11(16)18-12(17)9-3-5-10(6-4-9)14-8(2)15/h3-7H,13H2,1-2H3,(H,14,15). The molecule has 96 valence electrons. The largest absolute Gasteiger partial charge is 0.388 e. The van der Waals surface area contributed by atoms with E-state index in [1.165, 1.54) is 38.1 Å². The average Bonchev–Trinajstić information content (AvgIpc) is 2.28. The number of nitrogens with one attached hydrogen (secondary N) is 1. The Morgan fingerprint density at radius 2 is 1.78 bits per heavy atom. The molecule has 1 amide bonds. The molecule has 1 atom stereocenters. The topological polar surface area (TPSA) is 98.5 Å². The Morgan fingerprint density at radius 1 is 1.22 bits per heavy atom. The number of anilines is 1. The molecule has 0 aliphatic carbocycles. The van der Waals surface area contributed by atoms with Gasteiger partial charge in [-0.05, 0) is 31.2 Å². The Balaban J connectivity index is 2.70. The monoisotopic (exact) mass is 250 g/mol. The van der Waals surface area contributed by atoms with Gasteiger partial charge in [0.25, 0.3) is 0 Å². The molecule has 6 heteroatoms. The summed E-state index contributed by atoms with van der Waals surface area (Å²) in [6, 6.07) is 5.11. The minimum Gasteiger partial charge on any atom is -0.388 e. The molecule has 0 bridgehead atoms. The number of nitrogens with two attached hydrogens (primary N) is 1. The molecule has 0 aliphatic heterocycles. The van der Waals surface area contributed by atoms with Gasteiger partial charge in [0.2, 0.25) is 5.91 Å². The second-order valence-electron chi connectivity index (χ2n) is 3.76. The van der Waals surface area contributed by atoms with Crippen molar-refractivity contribution in [3.05, 3.63) is 29.8 Å². The van der Waals surface area contributed by atoms with Crippen molar-refractivity contribution in [1.29, 1.82) is 0 Å². The third kappa shape index (κ3) is 3.99. The van der Waals surface area contributed by atoms with Crippen LogP contribution in [0.5, 0.6) is 0 Å². The van der Waals surface area contributed by atoms with Crippen LogP contribution in [-0.4, -0.2) is 23.9 Å². The highest BCUT2D eigenvalue weighted by Crippen LogP contribution is 2.10. The summed E-state index contributed by atoms with van der Waals surface area (Å²) in [5.74, 6) is -1.77. The Hall–Kier alpha value is -2.21. The lowest BCUT2D eigenvalue weighted by molar-refractivity contribution is -0.139. The highest BCUT2D eigenvalue weighted by Gasteiger charge is 2.16. The van der Waals surface area contributed by atoms with Crippen LogP contribution >= 0.6 is 0 Å². The fraction of sp³-hybridized carbons (Fsp3) is 0.250. The van der Waals surface area contributed by atoms with Gasteiger partial charge in [0.15, 0.2) is 0 Å². The molecule has 1 unspecified atom stereocenters. The van der Waals surface area contributed by atoms with Gasteiger partial charge in [-0.2, -0.15) is 0 Å². The van der Waals surface area contributed by atoms with E-state index in [0.717, 1.165) is 0 Å². The highest BCUT2D eigenvalue weighted by atomic mass is 16.6. The summed E-state index contributed by atoms with van der Waals surface area (Å²) in [5.41, 5.74) is 6.03. The van der Waals surface area contributed by atoms with E-state index in [1.54, 1.807) is 0 Å². The molecule has 0 heterocycles. The van der Waals surface area contributed by atoms with Crippen LogP contribution in [0.1, 0.15) is 24.2 Å². The minimum atomic E-state index is -0.854. The molecule has 0 fully saturated rings. The first-order chi connectivity index (χ1) is 8.40. The summed E-state index contributed by atoms with van der Waals surface area (Å²) in [6.45, 7) is 2.80. The van der Waals surface area contributed by atoms with E-state index < -0.39 is 18.0 Å². The highest BCUT2D eigenvalue weighted by molar-refractivity contribution is 5.98. The van der Waals surface area contributed by atoms with Gasteiger partial charge in [0.05, 0.1) is 5.56 Å². The maximum atomic E-state index is 11.5. The number of benzene rings is 1. The van der Waals surface area contributed by atoms with Crippen molar-refractivity contribution in [2.75, 3.05) is 5.32 Å². The van der Waals surface area contributed by atoms with E-state index in [-0.39, 0.29) is 11.5 Å². The van der Waals surface area contributed by atoms with Crippen LogP contribution in [0.2, 0.25) is 0 Å². The summed E-state index contributed by atoms with van der Waals surface area (Å²) < 4.78 is 4.53. The Bertz CT molecular complexity index is 465. The predicted molar refractivity (Wildman–Crippen MR) is 64.8 cm³/mol. The zero-order valence-corrected chi connectivity index (χ0v) is 10.1. The molecular weight excluding hydrogens is 236 g/mol. The molecule has 0 saturated carbocycles. The first-order valence-electron chi connectivity index (χ1n) is 5.29. The van der Waals surface area contributed by atoms with Gasteiger partial charge in [0.1, 0.15) is 6.04 Å². The van der Waals surface area contributed by atoms with Gasteiger partial charge < -0.3 is 15.8 Å². The predicted octanol–water partition coefficient (Wildman–Crippen LogP) is 0.676. The Kier molecular flexibility index (Phi) is 4.56. The van der Waals surface area contributed by atoms with Crippen LogP contribution in [0.15, 0.2) is 24.3 Å². The molecule has 3 N–H and O–H groups in total. The summed E-state index contributed by atoms with van der Waals surface area (Å²) in [4.78, 5) is 33.4. The maximum absolute atomic E-state index is 11.5. The van der Waals surface area contributed by atoms with Crippen LogP contribution in [0.25, 0.3) is 0 Å². The van der Waals surface area contributed by atoms with Gasteiger partial charge in [-0.3, -0.25) is 4.79 Å². The smallest absolute Gasteiger partial charge is 0.345 e. The zero-order valence-electron chi connectivity index (χ0n) is 10.1. The quantitative estimate of drug-likeness (QED) is 0.607. The normalized spacial score (nSPS) is 11.5. The number of ether oxygens (including phenoxy) is 1. The SMILES string of the molecule is CC(=O)Nc1ccc(C(=O)OC(=O)C(C)N)cc1. The third-order valence-electron chi connectivity index (χ3n) is 2.01. The maximum Gasteiger partial charge on any atom is 0.345 e. The summed E-state index contributed by atoms with van der Waals surface area (Å²) >= 11 is 0. The van der Waals surface area contributed by atoms with Crippen molar-refractivity contribution < 1.29 is 19.1 Å². The zero-order chi connectivity index (χ0) is 13.7. The minimum absolute atomic E-state index is 0.207. The van der Waals surface area contributed by atoms with E-state index in [2.05, 4.69) is 10.1 Å². The molecular formula is C12H14N2O4. The van der Waals surface area contributed by atoms with E-state index in [1.807, 2.05) is 0 Å². The van der Waals surface area contributed by atoms with Gasteiger partial charge in [-0.25, -0.2) is 9.59 Å². The lowest BCUT2D eigenvalue weighted by Crippen LogP contribution is -2.30. The number of rotatable bonds is 3. The van der Waals surface area contributed by atoms with Crippen LogP contribution in [0.3, 0.4) is 0 Å². The average molecular weight is 250 g/mol. The van der Waals surface area contributed by atoms with E-state index in [9.17, 15) is 14.4 Å². The molecule has 0 spiro atoms. The first-order valence-corrected chi connectivity index (χ1v) is 5.29. The fourth-order valence-electron chi connectivity index (χ4n) is 1.14. The number of hydrogen-bond donors (Lipinski definition) is 2. The molecule has 1 rings (SSSR count). The van der Waals surface area contributed by atoms with Crippen LogP contribution in [0, 0.1) is 0 Å². The van der Waals surface area contributed by atoms with Gasteiger partial charge in [-0.1, -0.05) is 0 Å². The van der Waals surface area contributed by atoms with Crippen molar-refractivity contribution in [2.24, 2.45) is 5.73 Å². The van der Waals surface area contributed by atoms with E-state index in [4.69, 9.17) is 5.73 Å². The Labute approximate surface area is 104 Å². The molecule has 6 nitrogen and oxygen atoms in total. The van der Waals surface area contributed by atoms with Crippen molar-refractivity contribution in [3.63, 3.8) is 0 Å². The van der Waals surface area contributed by atoms with Crippen molar-refractivity contribution in [2.45, 2.75) is 19.9 Å². The van der Waals surface area contributed by atoms with E-state index in [0.29, 0.717) is 5.69 Å². The summed E-state index contributed by atoms with van der Waals surface area (Å²) in [5, 5.41) is 2.55. The van der Waals surface area contributed by atoms with Gasteiger partial charge in [-0.15, -0.1) is 0 Å². The molecule has 0 saturated heterocycles. The third-order valence-corrected chi connectivity index (χ3v) is 2.01. The van der Waals surface area contributed by atoms with Crippen LogP contribution < -0.4 is 11.1 Å². The van der Waals surface area contributed by atoms with Crippen LogP contribution in [-0.2, 0) is 14.3 Å². The molecule has 1 aromatic carbocycles.